The van der Waals surface area contributed by atoms with Crippen LogP contribution in [0.3, 0.4) is 0 Å². The van der Waals surface area contributed by atoms with Gasteiger partial charge in [-0.15, -0.1) is 0 Å². The molecule has 0 aliphatic carbocycles. The number of rotatable bonds is 11. The molecule has 0 aromatic heterocycles. The number of carboxylic acids is 1. The van der Waals surface area contributed by atoms with E-state index >= 15 is 0 Å². The number of aliphatic carboxylic acids is 1. The van der Waals surface area contributed by atoms with Crippen molar-refractivity contribution in [1.82, 2.24) is 0 Å². The van der Waals surface area contributed by atoms with Gasteiger partial charge in [-0.1, -0.05) is 63.4 Å². The molecule has 2 unspecified atom stereocenters. The Hall–Kier alpha value is -1.84. The lowest BCUT2D eigenvalue weighted by Crippen LogP contribution is -2.24. The number of unbranched alkanes of at least 4 members (excludes halogenated alkanes) is 2. The third-order valence-corrected chi connectivity index (χ3v) is 4.12. The van der Waals surface area contributed by atoms with Gasteiger partial charge in [0.1, 0.15) is 6.61 Å². The zero-order chi connectivity index (χ0) is 17.1. The molecular weight excluding hydrogens is 292 g/mol. The topological polar surface area (TPSA) is 63.6 Å². The average molecular weight is 320 g/mol. The lowest BCUT2D eigenvalue weighted by molar-refractivity contribution is -0.152. The van der Waals surface area contributed by atoms with Crippen LogP contribution in [-0.2, 0) is 20.9 Å². The van der Waals surface area contributed by atoms with Crippen molar-refractivity contribution in [3.05, 3.63) is 35.9 Å². The van der Waals surface area contributed by atoms with Crippen LogP contribution < -0.4 is 0 Å². The van der Waals surface area contributed by atoms with E-state index in [0.29, 0.717) is 19.3 Å². The first-order chi connectivity index (χ1) is 11.1. The van der Waals surface area contributed by atoms with Gasteiger partial charge in [-0.2, -0.15) is 0 Å². The van der Waals surface area contributed by atoms with E-state index < -0.39 is 11.9 Å². The van der Waals surface area contributed by atoms with Gasteiger partial charge in [0.05, 0.1) is 11.8 Å². The van der Waals surface area contributed by atoms with E-state index in [-0.39, 0.29) is 18.5 Å². The highest BCUT2D eigenvalue weighted by atomic mass is 16.5. The molecule has 0 radical (unpaired) electrons. The molecule has 0 aliphatic heterocycles. The Morgan fingerprint density at radius 2 is 1.78 bits per heavy atom. The van der Waals surface area contributed by atoms with Gasteiger partial charge >= 0.3 is 11.9 Å². The van der Waals surface area contributed by atoms with Crippen LogP contribution in [0.1, 0.15) is 57.9 Å². The van der Waals surface area contributed by atoms with E-state index in [1.165, 1.54) is 0 Å². The SMILES string of the molecule is CCCCCC(CC(CC)C(=O)OCc1ccccc1)C(=O)O. The zero-order valence-corrected chi connectivity index (χ0v) is 14.2. The van der Waals surface area contributed by atoms with Crippen LogP contribution in [0.2, 0.25) is 0 Å². The van der Waals surface area contributed by atoms with Crippen LogP contribution in [0.15, 0.2) is 30.3 Å². The number of ether oxygens (including phenoxy) is 1. The van der Waals surface area contributed by atoms with Gasteiger partial charge < -0.3 is 9.84 Å². The van der Waals surface area contributed by atoms with E-state index in [2.05, 4.69) is 6.92 Å². The maximum atomic E-state index is 12.2. The van der Waals surface area contributed by atoms with E-state index in [4.69, 9.17) is 4.74 Å². The highest BCUT2D eigenvalue weighted by Crippen LogP contribution is 2.23. The number of carbonyl (C=O) groups is 2. The van der Waals surface area contributed by atoms with E-state index in [1.807, 2.05) is 37.3 Å². The smallest absolute Gasteiger partial charge is 0.309 e. The van der Waals surface area contributed by atoms with Crippen molar-refractivity contribution in [2.45, 2.75) is 59.0 Å². The Balaban J connectivity index is 2.52. The number of esters is 1. The minimum Gasteiger partial charge on any atom is -0.481 e. The van der Waals surface area contributed by atoms with Crippen molar-refractivity contribution in [2.24, 2.45) is 11.8 Å². The predicted molar refractivity (Wildman–Crippen MR) is 89.9 cm³/mol. The molecule has 0 spiro atoms. The Labute approximate surface area is 138 Å². The fraction of sp³-hybridized carbons (Fsp3) is 0.579. The summed E-state index contributed by atoms with van der Waals surface area (Å²) < 4.78 is 5.36. The molecule has 0 bridgehead atoms. The molecule has 0 fully saturated rings. The Kier molecular flexibility index (Phi) is 9.03. The second-order valence-corrected chi connectivity index (χ2v) is 5.97. The van der Waals surface area contributed by atoms with Crippen molar-refractivity contribution in [3.8, 4) is 0 Å². The minimum atomic E-state index is -0.810. The monoisotopic (exact) mass is 320 g/mol. The lowest BCUT2D eigenvalue weighted by atomic mass is 9.89. The quantitative estimate of drug-likeness (QED) is 0.484. The van der Waals surface area contributed by atoms with Gasteiger partial charge in [0.15, 0.2) is 0 Å². The van der Waals surface area contributed by atoms with Gasteiger partial charge in [0.25, 0.3) is 0 Å². The van der Waals surface area contributed by atoms with E-state index in [9.17, 15) is 14.7 Å². The molecular formula is C19H28O4. The average Bonchev–Trinajstić information content (AvgIpc) is 2.56. The maximum Gasteiger partial charge on any atom is 0.309 e. The number of carbonyl (C=O) groups excluding carboxylic acids is 1. The number of hydrogen-bond acceptors (Lipinski definition) is 3. The molecule has 128 valence electrons. The molecule has 1 aromatic rings. The van der Waals surface area contributed by atoms with Gasteiger partial charge in [-0.05, 0) is 24.8 Å². The molecule has 0 saturated heterocycles. The van der Waals surface area contributed by atoms with Crippen molar-refractivity contribution >= 4 is 11.9 Å². The van der Waals surface area contributed by atoms with Gasteiger partial charge in [-0.25, -0.2) is 0 Å². The number of carboxylic acid groups (broad SMARTS) is 1. The van der Waals surface area contributed by atoms with Gasteiger partial charge in [0, 0.05) is 0 Å². The van der Waals surface area contributed by atoms with Crippen LogP contribution in [0.4, 0.5) is 0 Å². The first-order valence-electron chi connectivity index (χ1n) is 8.51. The van der Waals surface area contributed by atoms with Gasteiger partial charge in [0.2, 0.25) is 0 Å². The highest BCUT2D eigenvalue weighted by Gasteiger charge is 2.26. The summed E-state index contributed by atoms with van der Waals surface area (Å²) in [7, 11) is 0. The van der Waals surface area contributed by atoms with Crippen molar-refractivity contribution in [3.63, 3.8) is 0 Å². The van der Waals surface area contributed by atoms with Crippen LogP contribution in [0.25, 0.3) is 0 Å². The fourth-order valence-electron chi connectivity index (χ4n) is 2.60. The summed E-state index contributed by atoms with van der Waals surface area (Å²) >= 11 is 0. The van der Waals surface area contributed by atoms with Gasteiger partial charge in [-0.3, -0.25) is 9.59 Å². The third-order valence-electron chi connectivity index (χ3n) is 4.12. The number of hydrogen-bond donors (Lipinski definition) is 1. The maximum absolute atomic E-state index is 12.2. The molecule has 0 aliphatic rings. The lowest BCUT2D eigenvalue weighted by Gasteiger charge is -2.19. The number of benzene rings is 1. The van der Waals surface area contributed by atoms with Crippen molar-refractivity contribution in [1.29, 1.82) is 0 Å². The molecule has 1 rings (SSSR count). The largest absolute Gasteiger partial charge is 0.481 e. The molecule has 4 heteroatoms. The van der Waals surface area contributed by atoms with Crippen LogP contribution in [0.5, 0.6) is 0 Å². The molecule has 0 amide bonds. The predicted octanol–water partition coefficient (Wildman–Crippen LogP) is 4.43. The summed E-state index contributed by atoms with van der Waals surface area (Å²) in [6.07, 6.45) is 4.57. The molecule has 0 saturated carbocycles. The summed E-state index contributed by atoms with van der Waals surface area (Å²) in [4.78, 5) is 23.6. The Bertz CT molecular complexity index is 470. The third kappa shape index (κ3) is 7.31. The fourth-order valence-corrected chi connectivity index (χ4v) is 2.60. The molecule has 23 heavy (non-hydrogen) atoms. The van der Waals surface area contributed by atoms with Crippen LogP contribution in [0, 0.1) is 11.8 Å². The minimum absolute atomic E-state index is 0.240. The zero-order valence-electron chi connectivity index (χ0n) is 14.2. The molecule has 0 heterocycles. The summed E-state index contributed by atoms with van der Waals surface area (Å²) in [5, 5.41) is 9.35. The van der Waals surface area contributed by atoms with E-state index in [1.54, 1.807) is 0 Å². The second-order valence-electron chi connectivity index (χ2n) is 5.97. The van der Waals surface area contributed by atoms with Crippen molar-refractivity contribution < 1.29 is 19.4 Å². The second kappa shape index (κ2) is 10.8. The summed E-state index contributed by atoms with van der Waals surface area (Å²) in [5.74, 6) is -1.91. The summed E-state index contributed by atoms with van der Waals surface area (Å²) in [6, 6.07) is 9.51. The standard InChI is InChI=1S/C19H28O4/c1-3-5-7-12-17(18(20)21)13-16(4-2)19(22)23-14-15-10-8-6-9-11-15/h6,8-11,16-17H,3-5,7,12-14H2,1-2H3,(H,20,21). The Morgan fingerprint density at radius 3 is 2.35 bits per heavy atom. The molecule has 4 nitrogen and oxygen atoms in total. The summed E-state index contributed by atoms with van der Waals surface area (Å²) in [6.45, 7) is 4.23. The highest BCUT2D eigenvalue weighted by molar-refractivity contribution is 5.75. The first kappa shape index (κ1) is 19.2. The summed E-state index contributed by atoms with van der Waals surface area (Å²) in [5.41, 5.74) is 0.938. The normalized spacial score (nSPS) is 13.3. The molecule has 2 atom stereocenters. The molecule has 1 aromatic carbocycles. The Morgan fingerprint density at radius 1 is 1.09 bits per heavy atom. The van der Waals surface area contributed by atoms with Crippen LogP contribution in [-0.4, -0.2) is 17.0 Å². The molecule has 1 N–H and O–H groups in total. The first-order valence-corrected chi connectivity index (χ1v) is 8.51. The van der Waals surface area contributed by atoms with Crippen LogP contribution >= 0.6 is 0 Å². The van der Waals surface area contributed by atoms with E-state index in [0.717, 1.165) is 24.8 Å². The van der Waals surface area contributed by atoms with Crippen molar-refractivity contribution in [2.75, 3.05) is 0 Å².